The average Bonchev–Trinajstić information content (AvgIpc) is 2.53. The molecule has 2 rings (SSSR count). The fraction of sp³-hybridized carbons (Fsp3) is 0.250. The summed E-state index contributed by atoms with van der Waals surface area (Å²) in [5.41, 5.74) is 1.61. The molecule has 22 heavy (non-hydrogen) atoms. The maximum atomic E-state index is 13.6. The average molecular weight is 303 g/mol. The molecular formula is C16H18FN3O2. The Morgan fingerprint density at radius 3 is 2.82 bits per heavy atom. The van der Waals surface area contributed by atoms with E-state index in [1.807, 2.05) is 12.1 Å². The van der Waals surface area contributed by atoms with E-state index in [4.69, 9.17) is 4.74 Å². The van der Waals surface area contributed by atoms with Gasteiger partial charge in [-0.05, 0) is 29.3 Å². The Morgan fingerprint density at radius 2 is 2.18 bits per heavy atom. The monoisotopic (exact) mass is 303 g/mol. The second-order valence-electron chi connectivity index (χ2n) is 4.84. The van der Waals surface area contributed by atoms with Crippen LogP contribution in [0.15, 0.2) is 42.7 Å². The Labute approximate surface area is 128 Å². The minimum atomic E-state index is -0.441. The molecule has 0 fully saturated rings. The largest absolute Gasteiger partial charge is 0.494 e. The van der Waals surface area contributed by atoms with E-state index < -0.39 is 5.82 Å². The number of methoxy groups -OCH3 is 1. The summed E-state index contributed by atoms with van der Waals surface area (Å²) in [6.45, 7) is 0.702. The van der Waals surface area contributed by atoms with E-state index >= 15 is 0 Å². The number of pyridine rings is 1. The predicted octanol–water partition coefficient (Wildman–Crippen LogP) is 2.57. The smallest absolute Gasteiger partial charge is 0.317 e. The number of benzene rings is 1. The van der Waals surface area contributed by atoms with Crippen LogP contribution < -0.4 is 10.1 Å². The number of hydrogen-bond donors (Lipinski definition) is 1. The zero-order valence-corrected chi connectivity index (χ0v) is 12.5. The zero-order chi connectivity index (χ0) is 15.9. The van der Waals surface area contributed by atoms with Gasteiger partial charge in [0.1, 0.15) is 0 Å². The van der Waals surface area contributed by atoms with Crippen LogP contribution in [-0.4, -0.2) is 30.1 Å². The molecule has 116 valence electrons. The number of halogens is 1. The summed E-state index contributed by atoms with van der Waals surface area (Å²) in [5, 5.41) is 2.78. The van der Waals surface area contributed by atoms with Crippen molar-refractivity contribution in [2.75, 3.05) is 14.2 Å². The standard InChI is InChI=1S/C16H18FN3O2/c1-20(11-12-5-6-15(22-2)14(17)8-12)16(21)19-10-13-4-3-7-18-9-13/h3-9H,10-11H2,1-2H3,(H,19,21). The number of hydrogen-bond acceptors (Lipinski definition) is 3. The quantitative estimate of drug-likeness (QED) is 0.923. The number of amides is 2. The second-order valence-corrected chi connectivity index (χ2v) is 4.84. The highest BCUT2D eigenvalue weighted by Crippen LogP contribution is 2.18. The van der Waals surface area contributed by atoms with Crippen molar-refractivity contribution < 1.29 is 13.9 Å². The number of nitrogens with one attached hydrogen (secondary N) is 1. The number of carbonyl (C=O) groups excluding carboxylic acids is 1. The van der Waals surface area contributed by atoms with Gasteiger partial charge in [0.15, 0.2) is 11.6 Å². The first kappa shape index (κ1) is 15.8. The van der Waals surface area contributed by atoms with Crippen LogP contribution in [0.25, 0.3) is 0 Å². The number of carbonyl (C=O) groups is 1. The van der Waals surface area contributed by atoms with Gasteiger partial charge < -0.3 is 15.0 Å². The van der Waals surface area contributed by atoms with Gasteiger partial charge in [-0.1, -0.05) is 12.1 Å². The molecule has 0 aliphatic heterocycles. The number of aromatic nitrogens is 1. The first-order valence-electron chi connectivity index (χ1n) is 6.80. The molecule has 1 heterocycles. The van der Waals surface area contributed by atoms with E-state index in [1.54, 1.807) is 31.6 Å². The minimum absolute atomic E-state index is 0.187. The molecule has 0 atom stereocenters. The Hall–Kier alpha value is -2.63. The van der Waals surface area contributed by atoms with Crippen molar-refractivity contribution in [3.8, 4) is 5.75 Å². The molecule has 2 aromatic rings. The Morgan fingerprint density at radius 1 is 1.36 bits per heavy atom. The lowest BCUT2D eigenvalue weighted by Gasteiger charge is -2.18. The highest BCUT2D eigenvalue weighted by Gasteiger charge is 2.10. The first-order valence-corrected chi connectivity index (χ1v) is 6.80. The van der Waals surface area contributed by atoms with E-state index in [2.05, 4.69) is 10.3 Å². The van der Waals surface area contributed by atoms with Gasteiger partial charge in [0.2, 0.25) is 0 Å². The van der Waals surface area contributed by atoms with Crippen LogP contribution in [0, 0.1) is 5.82 Å². The molecule has 1 N–H and O–H groups in total. The molecule has 0 bridgehead atoms. The zero-order valence-electron chi connectivity index (χ0n) is 12.5. The Bertz CT molecular complexity index is 635. The van der Waals surface area contributed by atoms with E-state index in [0.717, 1.165) is 5.56 Å². The summed E-state index contributed by atoms with van der Waals surface area (Å²) in [5.74, 6) is -0.253. The van der Waals surface area contributed by atoms with E-state index in [0.29, 0.717) is 18.7 Å². The number of nitrogens with zero attached hydrogens (tertiary/aromatic N) is 2. The van der Waals surface area contributed by atoms with E-state index in [1.165, 1.54) is 18.1 Å². The van der Waals surface area contributed by atoms with Gasteiger partial charge in [0, 0.05) is 32.5 Å². The molecule has 0 saturated carbocycles. The highest BCUT2D eigenvalue weighted by molar-refractivity contribution is 5.73. The van der Waals surface area contributed by atoms with Crippen molar-refractivity contribution in [2.24, 2.45) is 0 Å². The van der Waals surface area contributed by atoms with Gasteiger partial charge in [-0.15, -0.1) is 0 Å². The molecular weight excluding hydrogens is 285 g/mol. The number of rotatable bonds is 5. The molecule has 0 unspecified atom stereocenters. The van der Waals surface area contributed by atoms with Crippen LogP contribution >= 0.6 is 0 Å². The van der Waals surface area contributed by atoms with Crippen molar-refractivity contribution in [1.29, 1.82) is 0 Å². The maximum Gasteiger partial charge on any atom is 0.317 e. The summed E-state index contributed by atoms with van der Waals surface area (Å²) in [6.07, 6.45) is 3.37. The van der Waals surface area contributed by atoms with E-state index in [9.17, 15) is 9.18 Å². The van der Waals surface area contributed by atoms with Gasteiger partial charge in [-0.25, -0.2) is 9.18 Å². The van der Waals surface area contributed by atoms with Crippen molar-refractivity contribution in [3.63, 3.8) is 0 Å². The fourth-order valence-electron chi connectivity index (χ4n) is 1.97. The van der Waals surface area contributed by atoms with Crippen LogP contribution in [0.4, 0.5) is 9.18 Å². The summed E-state index contributed by atoms with van der Waals surface area (Å²) >= 11 is 0. The van der Waals surface area contributed by atoms with Crippen molar-refractivity contribution in [3.05, 3.63) is 59.7 Å². The lowest BCUT2D eigenvalue weighted by atomic mass is 10.2. The van der Waals surface area contributed by atoms with Crippen molar-refractivity contribution in [2.45, 2.75) is 13.1 Å². The summed E-state index contributed by atoms with van der Waals surface area (Å²) in [7, 11) is 3.07. The third-order valence-corrected chi connectivity index (χ3v) is 3.15. The molecule has 2 amide bonds. The fourth-order valence-corrected chi connectivity index (χ4v) is 1.97. The summed E-state index contributed by atoms with van der Waals surface area (Å²) in [4.78, 5) is 17.5. The molecule has 1 aromatic heterocycles. The van der Waals surface area contributed by atoms with Crippen LogP contribution in [0.3, 0.4) is 0 Å². The first-order chi connectivity index (χ1) is 10.6. The Kier molecular flexibility index (Phi) is 5.30. The molecule has 5 nitrogen and oxygen atoms in total. The third kappa shape index (κ3) is 4.18. The lowest BCUT2D eigenvalue weighted by Crippen LogP contribution is -2.36. The van der Waals surface area contributed by atoms with Crippen molar-refractivity contribution in [1.82, 2.24) is 15.2 Å². The summed E-state index contributed by atoms with van der Waals surface area (Å²) in [6, 6.07) is 8.10. The van der Waals surface area contributed by atoms with Crippen LogP contribution in [0.1, 0.15) is 11.1 Å². The number of ether oxygens (including phenoxy) is 1. The van der Waals surface area contributed by atoms with Crippen LogP contribution in [-0.2, 0) is 13.1 Å². The van der Waals surface area contributed by atoms with Crippen LogP contribution in [0.2, 0.25) is 0 Å². The number of urea groups is 1. The molecule has 0 aliphatic carbocycles. The molecule has 0 radical (unpaired) electrons. The Balaban J connectivity index is 1.89. The van der Waals surface area contributed by atoms with Gasteiger partial charge in [-0.3, -0.25) is 4.98 Å². The molecule has 0 saturated heterocycles. The molecule has 6 heteroatoms. The normalized spacial score (nSPS) is 10.1. The maximum absolute atomic E-state index is 13.6. The predicted molar refractivity (Wildman–Crippen MR) is 80.9 cm³/mol. The van der Waals surface area contributed by atoms with Crippen LogP contribution in [0.5, 0.6) is 5.75 Å². The molecule has 0 spiro atoms. The topological polar surface area (TPSA) is 54.5 Å². The van der Waals surface area contributed by atoms with Gasteiger partial charge in [0.05, 0.1) is 7.11 Å². The second kappa shape index (κ2) is 7.40. The highest BCUT2D eigenvalue weighted by atomic mass is 19.1. The van der Waals surface area contributed by atoms with Crippen molar-refractivity contribution >= 4 is 6.03 Å². The van der Waals surface area contributed by atoms with E-state index in [-0.39, 0.29) is 11.8 Å². The molecule has 1 aromatic carbocycles. The van der Waals surface area contributed by atoms with Gasteiger partial charge in [0.25, 0.3) is 0 Å². The van der Waals surface area contributed by atoms with Gasteiger partial charge in [-0.2, -0.15) is 0 Å². The minimum Gasteiger partial charge on any atom is -0.494 e. The molecule has 0 aliphatic rings. The van der Waals surface area contributed by atoms with Gasteiger partial charge >= 0.3 is 6.03 Å². The lowest BCUT2D eigenvalue weighted by molar-refractivity contribution is 0.206. The summed E-state index contributed by atoms with van der Waals surface area (Å²) < 4.78 is 18.5. The SMILES string of the molecule is COc1ccc(CN(C)C(=O)NCc2cccnc2)cc1F. The third-order valence-electron chi connectivity index (χ3n) is 3.15.